The van der Waals surface area contributed by atoms with E-state index in [1.807, 2.05) is 0 Å². The predicted molar refractivity (Wildman–Crippen MR) is 77.6 cm³/mol. The Labute approximate surface area is 115 Å². The van der Waals surface area contributed by atoms with Crippen molar-refractivity contribution in [1.82, 2.24) is 0 Å². The summed E-state index contributed by atoms with van der Waals surface area (Å²) in [5.74, 6) is 0.773. The zero-order valence-corrected chi connectivity index (χ0v) is 11.7. The Morgan fingerprint density at radius 2 is 1.95 bits per heavy atom. The van der Waals surface area contributed by atoms with Gasteiger partial charge < -0.3 is 16.2 Å². The first-order chi connectivity index (χ1) is 9.05. The van der Waals surface area contributed by atoms with Crippen molar-refractivity contribution in [3.63, 3.8) is 0 Å². The maximum absolute atomic E-state index is 11.9. The Balaban J connectivity index is 2.49. The second-order valence-electron chi connectivity index (χ2n) is 5.34. The number of anilines is 1. The van der Waals surface area contributed by atoms with E-state index in [1.54, 1.807) is 24.3 Å². The van der Waals surface area contributed by atoms with Crippen LogP contribution in [-0.4, -0.2) is 17.6 Å². The van der Waals surface area contributed by atoms with Crippen LogP contribution in [0.25, 0.3) is 0 Å². The summed E-state index contributed by atoms with van der Waals surface area (Å²) in [6, 6.07) is 7.18. The Morgan fingerprint density at radius 1 is 1.32 bits per heavy atom. The predicted octanol–water partition coefficient (Wildman–Crippen LogP) is 2.13. The van der Waals surface area contributed by atoms with Gasteiger partial charge in [-0.1, -0.05) is 26.0 Å². The molecule has 0 radical (unpaired) electrons. The van der Waals surface area contributed by atoms with E-state index in [0.29, 0.717) is 18.9 Å². The van der Waals surface area contributed by atoms with Crippen LogP contribution in [0.4, 0.5) is 5.69 Å². The number of amides is 1. The Hall–Kier alpha value is -1.39. The van der Waals surface area contributed by atoms with E-state index in [-0.39, 0.29) is 18.4 Å². The van der Waals surface area contributed by atoms with Crippen LogP contribution in [-0.2, 0) is 11.4 Å². The topological polar surface area (TPSA) is 75.4 Å². The van der Waals surface area contributed by atoms with E-state index in [4.69, 9.17) is 10.8 Å². The average molecular weight is 264 g/mol. The summed E-state index contributed by atoms with van der Waals surface area (Å²) >= 11 is 0. The lowest BCUT2D eigenvalue weighted by atomic mass is 9.94. The summed E-state index contributed by atoms with van der Waals surface area (Å²) in [7, 11) is 0. The zero-order valence-electron chi connectivity index (χ0n) is 11.7. The number of benzene rings is 1. The van der Waals surface area contributed by atoms with Gasteiger partial charge in [0.25, 0.3) is 0 Å². The summed E-state index contributed by atoms with van der Waals surface area (Å²) < 4.78 is 0. The zero-order chi connectivity index (χ0) is 14.3. The lowest BCUT2D eigenvalue weighted by Gasteiger charge is -2.16. The van der Waals surface area contributed by atoms with Crippen LogP contribution in [0.15, 0.2) is 24.3 Å². The highest BCUT2D eigenvalue weighted by molar-refractivity contribution is 5.90. The normalized spacial score (nSPS) is 12.5. The van der Waals surface area contributed by atoms with Crippen LogP contribution in [0.1, 0.15) is 32.3 Å². The Morgan fingerprint density at radius 3 is 2.42 bits per heavy atom. The van der Waals surface area contributed by atoms with Gasteiger partial charge in [-0.2, -0.15) is 0 Å². The van der Waals surface area contributed by atoms with Crippen molar-refractivity contribution in [2.75, 3.05) is 11.9 Å². The molecule has 0 spiro atoms. The highest BCUT2D eigenvalue weighted by Crippen LogP contribution is 2.16. The van der Waals surface area contributed by atoms with Crippen LogP contribution < -0.4 is 11.1 Å². The molecule has 0 saturated carbocycles. The SMILES string of the molecule is CC(C)CC(CN)CC(=O)Nc1ccc(CO)cc1. The summed E-state index contributed by atoms with van der Waals surface area (Å²) in [5.41, 5.74) is 7.28. The van der Waals surface area contributed by atoms with Crippen molar-refractivity contribution >= 4 is 11.6 Å². The molecule has 1 amide bonds. The highest BCUT2D eigenvalue weighted by atomic mass is 16.3. The second-order valence-corrected chi connectivity index (χ2v) is 5.34. The van der Waals surface area contributed by atoms with Crippen LogP contribution >= 0.6 is 0 Å². The fourth-order valence-corrected chi connectivity index (χ4v) is 2.10. The lowest BCUT2D eigenvalue weighted by molar-refractivity contribution is -0.117. The standard InChI is InChI=1S/C15H24N2O2/c1-11(2)7-13(9-16)8-15(19)17-14-5-3-12(10-18)4-6-14/h3-6,11,13,18H,7-10,16H2,1-2H3,(H,17,19). The van der Waals surface area contributed by atoms with Gasteiger partial charge in [0.1, 0.15) is 0 Å². The monoisotopic (exact) mass is 264 g/mol. The number of hydrogen-bond acceptors (Lipinski definition) is 3. The van der Waals surface area contributed by atoms with Gasteiger partial charge >= 0.3 is 0 Å². The minimum Gasteiger partial charge on any atom is -0.392 e. The molecule has 19 heavy (non-hydrogen) atoms. The number of nitrogens with one attached hydrogen (secondary N) is 1. The molecule has 4 nitrogen and oxygen atoms in total. The van der Waals surface area contributed by atoms with Crippen LogP contribution in [0.5, 0.6) is 0 Å². The largest absolute Gasteiger partial charge is 0.392 e. The first-order valence-electron chi connectivity index (χ1n) is 6.74. The summed E-state index contributed by atoms with van der Waals surface area (Å²) in [6.07, 6.45) is 1.42. The van der Waals surface area contributed by atoms with Crippen LogP contribution in [0.2, 0.25) is 0 Å². The number of carbonyl (C=O) groups is 1. The quantitative estimate of drug-likeness (QED) is 0.706. The van der Waals surface area contributed by atoms with Crippen molar-refractivity contribution in [1.29, 1.82) is 0 Å². The summed E-state index contributed by atoms with van der Waals surface area (Å²) in [5, 5.41) is 11.8. The summed E-state index contributed by atoms with van der Waals surface area (Å²) in [4.78, 5) is 11.9. The number of aliphatic hydroxyl groups excluding tert-OH is 1. The van der Waals surface area contributed by atoms with Gasteiger partial charge in [-0.25, -0.2) is 0 Å². The molecule has 0 aliphatic rings. The molecule has 1 rings (SSSR count). The minimum absolute atomic E-state index is 0.00662. The number of hydrogen-bond donors (Lipinski definition) is 3. The maximum atomic E-state index is 11.9. The van der Waals surface area contributed by atoms with Crippen molar-refractivity contribution in [3.05, 3.63) is 29.8 Å². The molecule has 0 heterocycles. The molecule has 1 aromatic rings. The Bertz CT molecular complexity index is 388. The maximum Gasteiger partial charge on any atom is 0.224 e. The first-order valence-corrected chi connectivity index (χ1v) is 6.74. The molecule has 0 aliphatic heterocycles. The molecule has 0 saturated heterocycles. The van der Waals surface area contributed by atoms with Crippen molar-refractivity contribution in [2.45, 2.75) is 33.3 Å². The number of rotatable bonds is 7. The van der Waals surface area contributed by atoms with Crippen LogP contribution in [0, 0.1) is 11.8 Å². The van der Waals surface area contributed by atoms with Crippen molar-refractivity contribution in [3.8, 4) is 0 Å². The number of aliphatic hydroxyl groups is 1. The second kappa shape index (κ2) is 7.92. The molecule has 0 aliphatic carbocycles. The molecule has 0 aromatic heterocycles. The van der Waals surface area contributed by atoms with Gasteiger partial charge in [-0.05, 0) is 42.5 Å². The van der Waals surface area contributed by atoms with E-state index in [1.165, 1.54) is 0 Å². The number of carbonyl (C=O) groups excluding carboxylic acids is 1. The van der Waals surface area contributed by atoms with E-state index in [0.717, 1.165) is 17.7 Å². The van der Waals surface area contributed by atoms with Gasteiger partial charge in [-0.15, -0.1) is 0 Å². The van der Waals surface area contributed by atoms with Gasteiger partial charge in [-0.3, -0.25) is 4.79 Å². The first kappa shape index (κ1) is 15.7. The third-order valence-corrected chi connectivity index (χ3v) is 3.03. The molecular weight excluding hydrogens is 240 g/mol. The van der Waals surface area contributed by atoms with Gasteiger partial charge in [0, 0.05) is 12.1 Å². The van der Waals surface area contributed by atoms with Crippen LogP contribution in [0.3, 0.4) is 0 Å². The molecule has 4 N–H and O–H groups in total. The van der Waals surface area contributed by atoms with E-state index in [9.17, 15) is 4.79 Å². The minimum atomic E-state index is -0.00662. The molecule has 0 bridgehead atoms. The smallest absolute Gasteiger partial charge is 0.224 e. The molecule has 1 atom stereocenters. The number of nitrogens with two attached hydrogens (primary N) is 1. The molecule has 1 unspecified atom stereocenters. The van der Waals surface area contributed by atoms with E-state index < -0.39 is 0 Å². The highest BCUT2D eigenvalue weighted by Gasteiger charge is 2.14. The molecule has 106 valence electrons. The van der Waals surface area contributed by atoms with E-state index >= 15 is 0 Å². The van der Waals surface area contributed by atoms with E-state index in [2.05, 4.69) is 19.2 Å². The Kier molecular flexibility index (Phi) is 6.53. The van der Waals surface area contributed by atoms with Gasteiger partial charge in [0.15, 0.2) is 0 Å². The van der Waals surface area contributed by atoms with Crippen molar-refractivity contribution in [2.24, 2.45) is 17.6 Å². The average Bonchev–Trinajstić information content (AvgIpc) is 2.38. The molecular formula is C15H24N2O2. The fraction of sp³-hybridized carbons (Fsp3) is 0.533. The molecule has 4 heteroatoms. The molecule has 0 fully saturated rings. The summed E-state index contributed by atoms with van der Waals surface area (Å²) in [6.45, 7) is 4.81. The molecule has 1 aromatic carbocycles. The third kappa shape index (κ3) is 5.85. The lowest BCUT2D eigenvalue weighted by Crippen LogP contribution is -2.23. The van der Waals surface area contributed by atoms with Gasteiger partial charge in [0.2, 0.25) is 5.91 Å². The van der Waals surface area contributed by atoms with Gasteiger partial charge in [0.05, 0.1) is 6.61 Å². The van der Waals surface area contributed by atoms with Crippen molar-refractivity contribution < 1.29 is 9.90 Å². The third-order valence-electron chi connectivity index (χ3n) is 3.03. The fourth-order valence-electron chi connectivity index (χ4n) is 2.10.